The van der Waals surface area contributed by atoms with E-state index in [1.807, 2.05) is 0 Å². The van der Waals surface area contributed by atoms with E-state index in [-0.39, 0.29) is 11.5 Å². The maximum absolute atomic E-state index is 12.0. The van der Waals surface area contributed by atoms with Gasteiger partial charge in [-0.1, -0.05) is 0 Å². The first-order chi connectivity index (χ1) is 8.86. The molecule has 2 atom stereocenters. The highest BCUT2D eigenvalue weighted by Crippen LogP contribution is 2.34. The minimum absolute atomic E-state index is 0.0305. The summed E-state index contributed by atoms with van der Waals surface area (Å²) in [5.41, 5.74) is 10.3. The Hall–Kier alpha value is -2.59. The first-order valence-electron chi connectivity index (χ1n) is 5.11. The Labute approximate surface area is 106 Å². The molecule has 0 aliphatic carbocycles. The quantitative estimate of drug-likeness (QED) is 0.343. The van der Waals surface area contributed by atoms with Crippen molar-refractivity contribution in [2.45, 2.75) is 12.3 Å². The molecule has 3 amide bonds. The van der Waals surface area contributed by atoms with Crippen molar-refractivity contribution in [2.24, 2.45) is 5.73 Å². The predicted octanol–water partition coefficient (Wildman–Crippen LogP) is -1.18. The number of carbonyl (C=O) groups excluding carboxylic acids is 3. The minimum Gasteiger partial charge on any atom is -0.382 e. The summed E-state index contributed by atoms with van der Waals surface area (Å²) in [5.74, 6) is -3.35. The van der Waals surface area contributed by atoms with Gasteiger partial charge in [-0.25, -0.2) is 24.2 Å². The van der Waals surface area contributed by atoms with Gasteiger partial charge in [0, 0.05) is 12.4 Å². The van der Waals surface area contributed by atoms with Crippen molar-refractivity contribution in [1.29, 1.82) is 0 Å². The smallest absolute Gasteiger partial charge is 0.382 e. The first-order valence-corrected chi connectivity index (χ1v) is 5.11. The van der Waals surface area contributed by atoms with Crippen molar-refractivity contribution in [3.05, 3.63) is 18.1 Å². The molecule has 1 aliphatic heterocycles. The molecule has 10 nitrogen and oxygen atoms in total. The zero-order valence-corrected chi connectivity index (χ0v) is 9.52. The summed E-state index contributed by atoms with van der Waals surface area (Å²) < 4.78 is 0. The van der Waals surface area contributed by atoms with Gasteiger partial charge in [0.15, 0.2) is 0 Å². The summed E-state index contributed by atoms with van der Waals surface area (Å²) in [5, 5.41) is 9.75. The number of quaternary nitrogens is 1. The van der Waals surface area contributed by atoms with E-state index < -0.39 is 35.1 Å². The van der Waals surface area contributed by atoms with E-state index in [0.717, 1.165) is 0 Å². The van der Waals surface area contributed by atoms with Crippen molar-refractivity contribution >= 4 is 23.7 Å². The number of imide groups is 1. The molecule has 1 aromatic rings. The van der Waals surface area contributed by atoms with Crippen LogP contribution in [0.5, 0.6) is 0 Å². The van der Waals surface area contributed by atoms with Gasteiger partial charge >= 0.3 is 17.9 Å². The lowest BCUT2D eigenvalue weighted by molar-refractivity contribution is -1.12. The van der Waals surface area contributed by atoms with E-state index >= 15 is 0 Å². The molecule has 1 fully saturated rings. The SMILES string of the molecule is NC(=O)O[N+]1(O)C(=O)CC(c2nccnc2N)C1=O. The molecule has 0 radical (unpaired) electrons. The number of hydroxylamine groups is 4. The molecule has 0 spiro atoms. The van der Waals surface area contributed by atoms with Gasteiger partial charge in [0.1, 0.15) is 22.2 Å². The molecular formula is C9H10N5O5+. The Kier molecular flexibility index (Phi) is 2.88. The molecule has 0 bridgehead atoms. The molecule has 2 unspecified atom stereocenters. The lowest BCUT2D eigenvalue weighted by Crippen LogP contribution is -2.52. The molecule has 2 rings (SSSR count). The van der Waals surface area contributed by atoms with Crippen molar-refractivity contribution in [2.75, 3.05) is 5.73 Å². The van der Waals surface area contributed by atoms with Crippen molar-refractivity contribution in [1.82, 2.24) is 9.97 Å². The van der Waals surface area contributed by atoms with E-state index in [0.29, 0.717) is 0 Å². The van der Waals surface area contributed by atoms with Crippen LogP contribution in [-0.2, 0) is 14.4 Å². The minimum atomic E-state index is -2.14. The third-order valence-corrected chi connectivity index (χ3v) is 2.62. The second kappa shape index (κ2) is 4.26. The molecule has 0 saturated carbocycles. The Morgan fingerprint density at radius 3 is 2.63 bits per heavy atom. The molecular weight excluding hydrogens is 258 g/mol. The maximum atomic E-state index is 12.0. The summed E-state index contributed by atoms with van der Waals surface area (Å²) in [6.07, 6.45) is 0.701. The third-order valence-electron chi connectivity index (χ3n) is 2.62. The molecule has 10 heteroatoms. The van der Waals surface area contributed by atoms with E-state index in [2.05, 4.69) is 14.8 Å². The third kappa shape index (κ3) is 1.98. The Balaban J connectivity index is 2.38. The number of carbonyl (C=O) groups is 3. The monoisotopic (exact) mass is 268 g/mol. The van der Waals surface area contributed by atoms with Gasteiger partial charge in [0.25, 0.3) is 0 Å². The highest BCUT2D eigenvalue weighted by molar-refractivity contribution is 5.96. The van der Waals surface area contributed by atoms with Gasteiger partial charge < -0.3 is 11.5 Å². The Bertz CT molecular complexity index is 576. The second-order valence-corrected chi connectivity index (χ2v) is 3.80. The molecule has 2 heterocycles. The average Bonchev–Trinajstić information content (AvgIpc) is 2.54. The largest absolute Gasteiger partial charge is 0.465 e. The summed E-state index contributed by atoms with van der Waals surface area (Å²) in [6.45, 7) is 0. The zero-order valence-electron chi connectivity index (χ0n) is 9.52. The molecule has 19 heavy (non-hydrogen) atoms. The summed E-state index contributed by atoms with van der Waals surface area (Å²) in [7, 11) is 0. The highest BCUT2D eigenvalue weighted by Gasteiger charge is 2.62. The fourth-order valence-corrected chi connectivity index (χ4v) is 1.79. The lowest BCUT2D eigenvalue weighted by Gasteiger charge is -2.14. The topological polar surface area (TPSA) is 158 Å². The Morgan fingerprint density at radius 1 is 1.42 bits per heavy atom. The van der Waals surface area contributed by atoms with Crippen molar-refractivity contribution in [3.63, 3.8) is 0 Å². The van der Waals surface area contributed by atoms with Crippen LogP contribution >= 0.6 is 0 Å². The molecule has 1 saturated heterocycles. The van der Waals surface area contributed by atoms with Gasteiger partial charge in [-0.2, -0.15) is 5.21 Å². The Morgan fingerprint density at radius 2 is 2.05 bits per heavy atom. The molecule has 0 aromatic carbocycles. The number of hydrogen-bond donors (Lipinski definition) is 3. The van der Waals surface area contributed by atoms with Crippen LogP contribution in [0.1, 0.15) is 18.0 Å². The van der Waals surface area contributed by atoms with Crippen LogP contribution in [0.2, 0.25) is 0 Å². The van der Waals surface area contributed by atoms with E-state index in [4.69, 9.17) is 11.5 Å². The number of amides is 3. The van der Waals surface area contributed by atoms with Crippen LogP contribution < -0.4 is 11.5 Å². The fourth-order valence-electron chi connectivity index (χ4n) is 1.79. The van der Waals surface area contributed by atoms with Gasteiger partial charge in [-0.15, -0.1) is 0 Å². The van der Waals surface area contributed by atoms with Crippen LogP contribution in [0, 0.1) is 0 Å². The average molecular weight is 268 g/mol. The van der Waals surface area contributed by atoms with Gasteiger partial charge in [-0.05, 0) is 0 Å². The molecule has 1 aromatic heterocycles. The zero-order chi connectivity index (χ0) is 14.2. The van der Waals surface area contributed by atoms with Crippen LogP contribution in [-0.4, -0.2) is 37.9 Å². The number of rotatable bonds is 2. The summed E-state index contributed by atoms with van der Waals surface area (Å²) in [4.78, 5) is 43.8. The number of nitrogen functional groups attached to an aromatic ring is 1. The second-order valence-electron chi connectivity index (χ2n) is 3.80. The number of nitrogens with zero attached hydrogens (tertiary/aromatic N) is 3. The number of anilines is 1. The summed E-state index contributed by atoms with van der Waals surface area (Å²) >= 11 is 0. The molecule has 1 aliphatic rings. The lowest BCUT2D eigenvalue weighted by atomic mass is 10.0. The van der Waals surface area contributed by atoms with Crippen LogP contribution in [0.25, 0.3) is 0 Å². The van der Waals surface area contributed by atoms with Crippen molar-refractivity contribution in [3.8, 4) is 0 Å². The maximum Gasteiger partial charge on any atom is 0.465 e. The van der Waals surface area contributed by atoms with E-state index in [1.165, 1.54) is 12.4 Å². The molecule has 100 valence electrons. The number of aromatic nitrogens is 2. The molecule has 5 N–H and O–H groups in total. The number of hydrogen-bond acceptors (Lipinski definition) is 8. The number of primary amides is 1. The van der Waals surface area contributed by atoms with Gasteiger partial charge in [0.2, 0.25) is 0 Å². The van der Waals surface area contributed by atoms with E-state index in [1.54, 1.807) is 0 Å². The standard InChI is InChI=1S/C9H9N5O5/c10-7-6(12-1-2-13-7)4-3-5(15)14(18,8(4)16)19-9(11)17/h1-2,4,18H,3H2,(H3-,10,11,13,17)/p+1. The predicted molar refractivity (Wildman–Crippen MR) is 56.5 cm³/mol. The van der Waals surface area contributed by atoms with Gasteiger partial charge in [0.05, 0.1) is 6.42 Å². The van der Waals surface area contributed by atoms with Crippen LogP contribution in [0.15, 0.2) is 12.4 Å². The van der Waals surface area contributed by atoms with E-state index in [9.17, 15) is 19.6 Å². The summed E-state index contributed by atoms with van der Waals surface area (Å²) in [6, 6.07) is 0. The van der Waals surface area contributed by atoms with Crippen molar-refractivity contribution < 1.29 is 29.2 Å². The highest BCUT2D eigenvalue weighted by atomic mass is 17.0. The number of nitrogens with two attached hydrogens (primary N) is 2. The normalized spacial score (nSPS) is 26.5. The first kappa shape index (κ1) is 12.9. The van der Waals surface area contributed by atoms with Crippen LogP contribution in [0.4, 0.5) is 10.6 Å². The van der Waals surface area contributed by atoms with Gasteiger partial charge in [-0.3, -0.25) is 4.98 Å². The fraction of sp³-hybridized carbons (Fsp3) is 0.222. The van der Waals surface area contributed by atoms with Crippen LogP contribution in [0.3, 0.4) is 0 Å².